The molecule has 0 saturated carbocycles. The zero-order chi connectivity index (χ0) is 25.2. The molecule has 2 fully saturated rings. The molecule has 0 spiro atoms. The van der Waals surface area contributed by atoms with Crippen LogP contribution in [-0.2, 0) is 4.79 Å². The van der Waals surface area contributed by atoms with Gasteiger partial charge in [-0.25, -0.2) is 13.8 Å². The van der Waals surface area contributed by atoms with Gasteiger partial charge in [-0.1, -0.05) is 6.58 Å². The van der Waals surface area contributed by atoms with Crippen LogP contribution in [-0.4, -0.2) is 54.9 Å². The zero-order valence-corrected chi connectivity index (χ0v) is 19.7. The topological polar surface area (TPSA) is 104 Å². The molecule has 0 aliphatic carbocycles. The normalized spacial score (nSPS) is 19.3. The molecule has 2 aliphatic rings. The minimum Gasteiger partial charge on any atom is -0.371 e. The van der Waals surface area contributed by atoms with E-state index in [1.54, 1.807) is 6.07 Å². The third kappa shape index (κ3) is 5.70. The molecule has 1 atom stereocenters. The van der Waals surface area contributed by atoms with Crippen LogP contribution in [0.5, 0.6) is 0 Å². The number of piperidine rings is 1. The highest BCUT2D eigenvalue weighted by Crippen LogP contribution is 2.32. The van der Waals surface area contributed by atoms with Crippen LogP contribution < -0.4 is 26.2 Å². The summed E-state index contributed by atoms with van der Waals surface area (Å²) >= 11 is 0. The number of nitrogens with one attached hydrogen (secondary N) is 2. The second-order valence-corrected chi connectivity index (χ2v) is 9.05. The first-order valence-electron chi connectivity index (χ1n) is 11.6. The summed E-state index contributed by atoms with van der Waals surface area (Å²) in [4.78, 5) is 32.4. The second kappa shape index (κ2) is 9.89. The molecule has 1 aromatic heterocycles. The summed E-state index contributed by atoms with van der Waals surface area (Å²) < 4.78 is 26.9. The number of pyridine rings is 1. The summed E-state index contributed by atoms with van der Waals surface area (Å²) in [5.41, 5.74) is 8.38. The first-order chi connectivity index (χ1) is 16.6. The van der Waals surface area contributed by atoms with Crippen molar-refractivity contribution >= 4 is 34.8 Å². The van der Waals surface area contributed by atoms with E-state index in [-0.39, 0.29) is 24.8 Å². The first kappa shape index (κ1) is 24.4. The summed E-state index contributed by atoms with van der Waals surface area (Å²) in [6, 6.07) is 9.18. The minimum atomic E-state index is -2.58. The number of benzene rings is 1. The zero-order valence-electron chi connectivity index (χ0n) is 19.7. The SMILES string of the molecule is C=CC(=O)N[C@H]1CCN(c2nc(Nc3ccc(N4CCC(F)(F)CC4)cc3)c(C)cc2C(N)=O)C1. The first-order valence-corrected chi connectivity index (χ1v) is 11.6. The number of carbonyl (C=O) groups is 2. The number of aryl methyl sites for hydroxylation is 1. The highest BCUT2D eigenvalue weighted by atomic mass is 19.3. The molecule has 35 heavy (non-hydrogen) atoms. The van der Waals surface area contributed by atoms with Crippen molar-refractivity contribution in [2.75, 3.05) is 41.3 Å². The van der Waals surface area contributed by atoms with Gasteiger partial charge in [-0.3, -0.25) is 9.59 Å². The fraction of sp³-hybridized carbons (Fsp3) is 0.400. The van der Waals surface area contributed by atoms with E-state index in [0.29, 0.717) is 49.8 Å². The van der Waals surface area contributed by atoms with Crippen LogP contribution in [0.4, 0.5) is 31.8 Å². The van der Waals surface area contributed by atoms with Gasteiger partial charge in [0.05, 0.1) is 5.56 Å². The van der Waals surface area contributed by atoms with Crippen LogP contribution in [0, 0.1) is 6.92 Å². The molecule has 0 radical (unpaired) electrons. The van der Waals surface area contributed by atoms with Gasteiger partial charge in [-0.15, -0.1) is 0 Å². The van der Waals surface area contributed by atoms with Gasteiger partial charge in [0.15, 0.2) is 0 Å². The Morgan fingerprint density at radius 1 is 1.17 bits per heavy atom. The molecule has 2 aliphatic heterocycles. The van der Waals surface area contributed by atoms with E-state index in [2.05, 4.69) is 17.2 Å². The minimum absolute atomic E-state index is 0.0805. The van der Waals surface area contributed by atoms with Crippen molar-refractivity contribution < 1.29 is 18.4 Å². The van der Waals surface area contributed by atoms with Crippen LogP contribution in [0.2, 0.25) is 0 Å². The predicted octanol–water partition coefficient (Wildman–Crippen LogP) is 3.35. The number of nitrogens with zero attached hydrogens (tertiary/aromatic N) is 3. The van der Waals surface area contributed by atoms with Crippen molar-refractivity contribution in [3.05, 3.63) is 54.1 Å². The number of hydrogen-bond acceptors (Lipinski definition) is 6. The Hall–Kier alpha value is -3.69. The van der Waals surface area contributed by atoms with Gasteiger partial charge in [0.25, 0.3) is 11.8 Å². The highest BCUT2D eigenvalue weighted by molar-refractivity contribution is 5.98. The maximum absolute atomic E-state index is 13.5. The van der Waals surface area contributed by atoms with E-state index >= 15 is 0 Å². The van der Waals surface area contributed by atoms with Gasteiger partial charge in [0.2, 0.25) is 5.91 Å². The van der Waals surface area contributed by atoms with Gasteiger partial charge in [-0.2, -0.15) is 0 Å². The molecule has 186 valence electrons. The molecule has 2 amide bonds. The quantitative estimate of drug-likeness (QED) is 0.521. The van der Waals surface area contributed by atoms with Gasteiger partial charge in [0.1, 0.15) is 11.6 Å². The Bertz CT molecular complexity index is 1110. The van der Waals surface area contributed by atoms with Crippen molar-refractivity contribution in [1.82, 2.24) is 10.3 Å². The lowest BCUT2D eigenvalue weighted by atomic mass is 10.1. The number of hydrogen-bond donors (Lipinski definition) is 3. The van der Waals surface area contributed by atoms with Gasteiger partial charge in [-0.05, 0) is 55.3 Å². The van der Waals surface area contributed by atoms with Crippen LogP contribution in [0.1, 0.15) is 35.2 Å². The molecule has 0 bridgehead atoms. The van der Waals surface area contributed by atoms with E-state index in [4.69, 9.17) is 10.7 Å². The average molecular weight is 485 g/mol. The van der Waals surface area contributed by atoms with Crippen molar-refractivity contribution in [2.24, 2.45) is 5.73 Å². The van der Waals surface area contributed by atoms with Crippen LogP contribution in [0.3, 0.4) is 0 Å². The van der Waals surface area contributed by atoms with E-state index in [1.807, 2.05) is 41.0 Å². The van der Waals surface area contributed by atoms with Crippen molar-refractivity contribution in [1.29, 1.82) is 0 Å². The monoisotopic (exact) mass is 484 g/mol. The molecule has 10 heteroatoms. The second-order valence-electron chi connectivity index (χ2n) is 9.05. The molecule has 0 unspecified atom stereocenters. The third-order valence-corrected chi connectivity index (χ3v) is 6.47. The number of nitrogens with two attached hydrogens (primary N) is 1. The Balaban J connectivity index is 1.51. The van der Waals surface area contributed by atoms with E-state index in [0.717, 1.165) is 16.9 Å². The standard InChI is InChI=1S/C25H30F2N6O2/c1-3-21(34)29-18-8-11-33(15-18)24-20(22(28)35)14-16(2)23(31-24)30-17-4-6-19(7-5-17)32-12-9-25(26,27)10-13-32/h3-7,14,18H,1,8-13,15H2,2H3,(H2,28,35)(H,29,34)(H,30,31)/t18-/m0/s1. The molecule has 2 aromatic rings. The summed E-state index contributed by atoms with van der Waals surface area (Å²) in [6.45, 7) is 7.07. The van der Waals surface area contributed by atoms with Crippen LogP contribution in [0.25, 0.3) is 0 Å². The van der Waals surface area contributed by atoms with E-state index in [9.17, 15) is 18.4 Å². The fourth-order valence-corrected chi connectivity index (χ4v) is 4.47. The largest absolute Gasteiger partial charge is 0.371 e. The van der Waals surface area contributed by atoms with Gasteiger partial charge in [0, 0.05) is 56.4 Å². The number of carbonyl (C=O) groups excluding carboxylic acids is 2. The van der Waals surface area contributed by atoms with Gasteiger partial charge < -0.3 is 26.2 Å². The number of halogens is 2. The Morgan fingerprint density at radius 3 is 2.49 bits per heavy atom. The summed E-state index contributed by atoms with van der Waals surface area (Å²) in [7, 11) is 0. The van der Waals surface area contributed by atoms with Crippen molar-refractivity contribution in [3.63, 3.8) is 0 Å². The van der Waals surface area contributed by atoms with Crippen LogP contribution in [0.15, 0.2) is 43.0 Å². The van der Waals surface area contributed by atoms with Gasteiger partial charge >= 0.3 is 0 Å². The lowest BCUT2D eigenvalue weighted by molar-refractivity contribution is -0.117. The molecule has 2 saturated heterocycles. The smallest absolute Gasteiger partial charge is 0.252 e. The molecule has 4 N–H and O–H groups in total. The average Bonchev–Trinajstić information content (AvgIpc) is 3.28. The van der Waals surface area contributed by atoms with Crippen molar-refractivity contribution in [3.8, 4) is 0 Å². The molecular formula is C25H30F2N6O2. The number of anilines is 4. The number of alkyl halides is 2. The molecule has 1 aromatic carbocycles. The fourth-order valence-electron chi connectivity index (χ4n) is 4.47. The summed E-state index contributed by atoms with van der Waals surface area (Å²) in [5.74, 6) is -2.35. The predicted molar refractivity (Wildman–Crippen MR) is 133 cm³/mol. The van der Waals surface area contributed by atoms with E-state index < -0.39 is 11.8 Å². The Labute approximate surface area is 203 Å². The Kier molecular flexibility index (Phi) is 6.90. The lowest BCUT2D eigenvalue weighted by Gasteiger charge is -2.33. The molecule has 3 heterocycles. The maximum atomic E-state index is 13.5. The van der Waals surface area contributed by atoms with Crippen LogP contribution >= 0.6 is 0 Å². The molecular weight excluding hydrogens is 454 g/mol. The molecule has 4 rings (SSSR count). The number of aromatic nitrogens is 1. The number of primary amides is 1. The lowest BCUT2D eigenvalue weighted by Crippen LogP contribution is -2.39. The summed E-state index contributed by atoms with van der Waals surface area (Å²) in [5, 5.41) is 6.16. The summed E-state index contributed by atoms with van der Waals surface area (Å²) in [6.07, 6.45) is 1.66. The Morgan fingerprint density at radius 2 is 1.86 bits per heavy atom. The number of amides is 2. The maximum Gasteiger partial charge on any atom is 0.252 e. The highest BCUT2D eigenvalue weighted by Gasteiger charge is 2.34. The third-order valence-electron chi connectivity index (χ3n) is 6.47. The van der Waals surface area contributed by atoms with Crippen molar-refractivity contribution in [2.45, 2.75) is 38.2 Å². The van der Waals surface area contributed by atoms with E-state index in [1.165, 1.54) is 6.08 Å². The molecule has 8 nitrogen and oxygen atoms in total. The number of rotatable bonds is 7.